The van der Waals surface area contributed by atoms with Crippen LogP contribution in [0.15, 0.2) is 6.20 Å². The Morgan fingerprint density at radius 3 is 2.20 bits per heavy atom. The highest BCUT2D eigenvalue weighted by molar-refractivity contribution is 7.72. The molecule has 1 fully saturated rings. The number of aromatic amines is 1. The number of phosphoric ester groups is 1. The van der Waals surface area contributed by atoms with Crippen molar-refractivity contribution in [3.63, 3.8) is 0 Å². The minimum atomic E-state index is -5.99. The molecule has 0 bridgehead atoms. The summed E-state index contributed by atoms with van der Waals surface area (Å²) in [6.07, 6.45) is -11.2. The summed E-state index contributed by atoms with van der Waals surface area (Å²) in [6.45, 7) is -1.41. The third-order valence-corrected chi connectivity index (χ3v) is 8.80. The van der Waals surface area contributed by atoms with Gasteiger partial charge in [-0.25, -0.2) is 22.5 Å². The van der Waals surface area contributed by atoms with Gasteiger partial charge in [0.15, 0.2) is 16.8 Å². The summed E-state index contributed by atoms with van der Waals surface area (Å²) in [5.41, 5.74) is -8.43. The first kappa shape index (κ1) is 30.7. The summed E-state index contributed by atoms with van der Waals surface area (Å²) in [7, 11) is -17.6. The second-order valence-electron chi connectivity index (χ2n) is 6.86. The van der Waals surface area contributed by atoms with Crippen LogP contribution >= 0.6 is 47.9 Å². The van der Waals surface area contributed by atoms with E-state index in [2.05, 4.69) is 25.4 Å². The zero-order valence-corrected chi connectivity index (χ0v) is 20.8. The highest BCUT2D eigenvalue weighted by Gasteiger charge is 2.78. The van der Waals surface area contributed by atoms with Crippen LogP contribution in [0.25, 0.3) is 0 Å². The SMILES string of the molecule is CC1(O)C(COP(=O)(O)OP(=O)(O)OP(=O)(O)O)OC(n2cc(F)c(=S)[nH]c2=S)C1(F)C(F)(F)F. The number of H-pyrrole nitrogens is 1. The zero-order valence-electron chi connectivity index (χ0n) is 16.5. The van der Waals surface area contributed by atoms with E-state index in [0.29, 0.717) is 0 Å². The van der Waals surface area contributed by atoms with Crippen molar-refractivity contribution >= 4 is 47.9 Å². The maximum Gasteiger partial charge on any atom is 0.490 e. The molecule has 0 aromatic carbocycles. The molecule has 202 valence electrons. The Bertz CT molecular complexity index is 1250. The average Bonchev–Trinajstić information content (AvgIpc) is 2.80. The molecule has 1 aliphatic rings. The molecule has 0 aliphatic carbocycles. The predicted octanol–water partition coefficient (Wildman–Crippen LogP) is 2.68. The molecule has 0 spiro atoms. The first-order valence-corrected chi connectivity index (χ1v) is 13.7. The lowest BCUT2D eigenvalue weighted by molar-refractivity contribution is -0.292. The summed E-state index contributed by atoms with van der Waals surface area (Å²) >= 11 is 9.23. The summed E-state index contributed by atoms with van der Waals surface area (Å²) in [5, 5.41) is 10.4. The molecule has 0 radical (unpaired) electrons. The molecule has 6 atom stereocenters. The Morgan fingerprint density at radius 1 is 1.17 bits per heavy atom. The second-order valence-corrected chi connectivity index (χ2v) is 12.1. The Balaban J connectivity index is 2.42. The maximum atomic E-state index is 15.5. The predicted molar refractivity (Wildman–Crippen MR) is 105 cm³/mol. The van der Waals surface area contributed by atoms with E-state index in [1.807, 2.05) is 4.98 Å². The molecule has 0 saturated carbocycles. The van der Waals surface area contributed by atoms with Crippen LogP contribution in [0.2, 0.25) is 0 Å². The topological polar surface area (TPSA) is 210 Å². The van der Waals surface area contributed by atoms with Gasteiger partial charge in [-0.1, -0.05) is 12.2 Å². The van der Waals surface area contributed by atoms with Gasteiger partial charge >= 0.3 is 29.6 Å². The van der Waals surface area contributed by atoms with Crippen molar-refractivity contribution in [2.24, 2.45) is 0 Å². The van der Waals surface area contributed by atoms with E-state index in [1.165, 1.54) is 0 Å². The molecule has 1 aromatic heterocycles. The van der Waals surface area contributed by atoms with E-state index < -0.39 is 75.1 Å². The van der Waals surface area contributed by atoms with Crippen LogP contribution in [0.3, 0.4) is 0 Å². The number of rotatable bonds is 8. The van der Waals surface area contributed by atoms with Crippen molar-refractivity contribution in [2.75, 3.05) is 6.61 Å². The third kappa shape index (κ3) is 6.50. The molecule has 0 amide bonds. The molecule has 1 saturated heterocycles. The van der Waals surface area contributed by atoms with Gasteiger partial charge in [-0.05, 0) is 19.1 Å². The fraction of sp³-hybridized carbons (Fsp3) is 0.636. The highest BCUT2D eigenvalue weighted by Crippen LogP contribution is 2.66. The number of phosphoric acid groups is 3. The normalized spacial score (nSPS) is 31.2. The molecular weight excluding hydrogens is 604 g/mol. The van der Waals surface area contributed by atoms with Crippen LogP contribution in [-0.4, -0.2) is 64.4 Å². The minimum absolute atomic E-state index is 0.0905. The molecule has 14 nitrogen and oxygen atoms in total. The number of nitrogens with one attached hydrogen (secondary N) is 1. The highest BCUT2D eigenvalue weighted by atomic mass is 32.1. The van der Waals surface area contributed by atoms with Gasteiger partial charge in [0.1, 0.15) is 16.3 Å². The number of alkyl halides is 4. The van der Waals surface area contributed by atoms with Gasteiger partial charge in [0, 0.05) is 6.20 Å². The van der Waals surface area contributed by atoms with E-state index in [9.17, 15) is 41.3 Å². The summed E-state index contributed by atoms with van der Waals surface area (Å²) in [6, 6.07) is 0. The van der Waals surface area contributed by atoms with Crippen LogP contribution in [0.5, 0.6) is 0 Å². The van der Waals surface area contributed by atoms with Crippen LogP contribution in [0.4, 0.5) is 22.0 Å². The van der Waals surface area contributed by atoms with Gasteiger partial charge in [0.25, 0.3) is 5.67 Å². The first-order chi connectivity index (χ1) is 15.4. The van der Waals surface area contributed by atoms with E-state index >= 15 is 4.39 Å². The maximum absolute atomic E-state index is 15.5. The van der Waals surface area contributed by atoms with E-state index in [0.717, 1.165) is 0 Å². The molecule has 24 heteroatoms. The fourth-order valence-electron chi connectivity index (χ4n) is 2.85. The van der Waals surface area contributed by atoms with Crippen LogP contribution in [0, 0.1) is 15.2 Å². The Hall–Kier alpha value is -0.500. The van der Waals surface area contributed by atoms with E-state index in [1.54, 1.807) is 0 Å². The van der Waals surface area contributed by atoms with Gasteiger partial charge in [-0.3, -0.25) is 9.09 Å². The fourth-order valence-corrected chi connectivity index (χ4v) is 6.33. The van der Waals surface area contributed by atoms with Crippen molar-refractivity contribution in [1.29, 1.82) is 0 Å². The van der Waals surface area contributed by atoms with Crippen LogP contribution in [-0.2, 0) is 31.6 Å². The largest absolute Gasteiger partial charge is 0.490 e. The van der Waals surface area contributed by atoms with Gasteiger partial charge in [0.2, 0.25) is 0 Å². The van der Waals surface area contributed by atoms with Crippen molar-refractivity contribution in [1.82, 2.24) is 9.55 Å². The zero-order chi connectivity index (χ0) is 27.4. The van der Waals surface area contributed by atoms with Crippen LogP contribution < -0.4 is 0 Å². The molecule has 35 heavy (non-hydrogen) atoms. The molecule has 2 heterocycles. The first-order valence-electron chi connectivity index (χ1n) is 8.36. The van der Waals surface area contributed by atoms with Gasteiger partial charge in [-0.15, -0.1) is 0 Å². The van der Waals surface area contributed by atoms with E-state index in [4.69, 9.17) is 31.6 Å². The molecule has 6 N–H and O–H groups in total. The third-order valence-electron chi connectivity index (χ3n) is 4.39. The number of nitrogens with zero attached hydrogens (tertiary/aromatic N) is 1. The molecule has 1 aliphatic heterocycles. The van der Waals surface area contributed by atoms with Gasteiger partial charge in [0.05, 0.1) is 6.61 Å². The molecule has 6 unspecified atom stereocenters. The van der Waals surface area contributed by atoms with Gasteiger partial charge < -0.3 is 34.4 Å². The number of aliphatic hydroxyl groups is 1. The number of halogens is 5. The van der Waals surface area contributed by atoms with E-state index in [-0.39, 0.29) is 17.7 Å². The standard InChI is InChI=1S/C11H14F5N2O12P3S2/c1-9(19)5(3-27-32(23,24)30-33(25,26)29-31(20,21)22)28-7(10(9,13)11(14,15)16)18-2-4(12)6(34)17-8(18)35/h2,5,7,19H,3H2,1H3,(H,23,24)(H,25,26)(H,17,34,35)(H2,20,21,22). The van der Waals surface area contributed by atoms with Crippen molar-refractivity contribution < 1.29 is 78.2 Å². The number of hydrogen-bond donors (Lipinski definition) is 6. The quantitative estimate of drug-likeness (QED) is 0.141. The van der Waals surface area contributed by atoms with Gasteiger partial charge in [-0.2, -0.15) is 21.8 Å². The smallest absolute Gasteiger partial charge is 0.383 e. The second kappa shape index (κ2) is 9.67. The lowest BCUT2D eigenvalue weighted by Crippen LogP contribution is -2.62. The van der Waals surface area contributed by atoms with Crippen molar-refractivity contribution in [3.8, 4) is 0 Å². The summed E-state index contributed by atoms with van der Waals surface area (Å²) in [4.78, 5) is 37.5. The van der Waals surface area contributed by atoms with Crippen molar-refractivity contribution in [2.45, 2.75) is 36.7 Å². The lowest BCUT2D eigenvalue weighted by Gasteiger charge is -2.37. The molecule has 2 rings (SSSR count). The van der Waals surface area contributed by atoms with Crippen LogP contribution in [0.1, 0.15) is 13.2 Å². The molecule has 1 aromatic rings. The Kier molecular flexibility index (Phi) is 8.49. The monoisotopic (exact) mass is 618 g/mol. The Morgan fingerprint density at radius 2 is 1.71 bits per heavy atom. The summed E-state index contributed by atoms with van der Waals surface area (Å²) < 4.78 is 119. The molecular formula is C11H14F5N2O12P3S2. The average molecular weight is 618 g/mol. The summed E-state index contributed by atoms with van der Waals surface area (Å²) in [5.74, 6) is -1.36. The lowest BCUT2D eigenvalue weighted by atomic mass is 9.82. The number of ether oxygens (including phenoxy) is 1. The number of aromatic nitrogens is 2. The number of hydrogen-bond acceptors (Lipinski definition) is 10. The minimum Gasteiger partial charge on any atom is -0.383 e. The Labute approximate surface area is 200 Å². The van der Waals surface area contributed by atoms with Crippen molar-refractivity contribution in [3.05, 3.63) is 21.4 Å².